The van der Waals surface area contributed by atoms with Crippen LogP contribution in [0.2, 0.25) is 0 Å². The van der Waals surface area contributed by atoms with Gasteiger partial charge >= 0.3 is 0 Å². The maximum atomic E-state index is 13.8. The Morgan fingerprint density at radius 3 is 2.58 bits per heavy atom. The highest BCUT2D eigenvalue weighted by Crippen LogP contribution is 2.20. The highest BCUT2D eigenvalue weighted by Gasteiger charge is 2.19. The van der Waals surface area contributed by atoms with Crippen LogP contribution in [0.5, 0.6) is 0 Å². The molecule has 0 aliphatic heterocycles. The maximum Gasteiger partial charge on any atom is 0.261 e. The molecule has 1 aromatic carbocycles. The van der Waals surface area contributed by atoms with Crippen LogP contribution >= 0.6 is 0 Å². The molecule has 0 saturated carbocycles. The predicted molar refractivity (Wildman–Crippen MR) is 90.7 cm³/mol. The molecule has 1 N–H and O–H groups in total. The lowest BCUT2D eigenvalue weighted by molar-refractivity contribution is 0.102. The van der Waals surface area contributed by atoms with Gasteiger partial charge in [-0.25, -0.2) is 18.2 Å². The summed E-state index contributed by atoms with van der Waals surface area (Å²) in [5, 5.41) is 2.34. The summed E-state index contributed by atoms with van der Waals surface area (Å²) < 4.78 is 41.7. The molecule has 0 aliphatic carbocycles. The van der Waals surface area contributed by atoms with Crippen LogP contribution in [0.15, 0.2) is 35.3 Å². The van der Waals surface area contributed by atoms with Crippen molar-refractivity contribution in [2.75, 3.05) is 5.32 Å². The average molecular weight is 361 g/mol. The van der Waals surface area contributed by atoms with E-state index in [-0.39, 0.29) is 10.9 Å². The number of carbonyl (C=O) groups is 1. The average Bonchev–Trinajstić information content (AvgIpc) is 2.62. The van der Waals surface area contributed by atoms with E-state index < -0.39 is 34.5 Å². The summed E-state index contributed by atoms with van der Waals surface area (Å²) >= 11 is 0. The lowest BCUT2D eigenvalue weighted by Crippen LogP contribution is -2.24. The number of carbonyl (C=O) groups excluding carboxylic acids is 1. The number of halogens is 3. The van der Waals surface area contributed by atoms with Crippen LogP contribution in [0, 0.1) is 24.4 Å². The first-order valence-electron chi connectivity index (χ1n) is 7.79. The SMILES string of the molecule is CCn1cc(C(=O)Nc2ccc(F)c(F)c2F)c(=O)c2ccc(C)nc21. The third-order valence-corrected chi connectivity index (χ3v) is 3.93. The van der Waals surface area contributed by atoms with Crippen LogP contribution < -0.4 is 10.7 Å². The van der Waals surface area contributed by atoms with Crippen molar-refractivity contribution in [3.8, 4) is 0 Å². The molecule has 0 bridgehead atoms. The molecule has 0 radical (unpaired) electrons. The van der Waals surface area contributed by atoms with Crippen LogP contribution in [-0.2, 0) is 6.54 Å². The number of amides is 1. The van der Waals surface area contributed by atoms with Crippen LogP contribution in [0.4, 0.5) is 18.9 Å². The third-order valence-electron chi connectivity index (χ3n) is 3.93. The van der Waals surface area contributed by atoms with E-state index in [1.165, 1.54) is 6.20 Å². The summed E-state index contributed by atoms with van der Waals surface area (Å²) in [6.45, 7) is 4.02. The van der Waals surface area contributed by atoms with Gasteiger partial charge in [0, 0.05) is 18.4 Å². The van der Waals surface area contributed by atoms with Gasteiger partial charge in [-0.2, -0.15) is 0 Å². The smallest absolute Gasteiger partial charge is 0.261 e. The van der Waals surface area contributed by atoms with Gasteiger partial charge in [0.05, 0.1) is 11.1 Å². The van der Waals surface area contributed by atoms with Gasteiger partial charge in [-0.05, 0) is 38.1 Å². The minimum atomic E-state index is -1.70. The van der Waals surface area contributed by atoms with Gasteiger partial charge in [-0.3, -0.25) is 9.59 Å². The second kappa shape index (κ2) is 6.62. The van der Waals surface area contributed by atoms with Crippen molar-refractivity contribution in [3.05, 3.63) is 69.4 Å². The lowest BCUT2D eigenvalue weighted by atomic mass is 10.1. The topological polar surface area (TPSA) is 64.0 Å². The van der Waals surface area contributed by atoms with Crippen molar-refractivity contribution >= 4 is 22.6 Å². The number of pyridine rings is 2. The second-order valence-electron chi connectivity index (χ2n) is 5.66. The molecule has 0 aliphatic rings. The van der Waals surface area contributed by atoms with Crippen LogP contribution in [0.1, 0.15) is 23.0 Å². The predicted octanol–water partition coefficient (Wildman–Crippen LogP) is 3.39. The molecular weight excluding hydrogens is 347 g/mol. The fraction of sp³-hybridized carbons (Fsp3) is 0.167. The van der Waals surface area contributed by atoms with Crippen LogP contribution in [0.3, 0.4) is 0 Å². The molecule has 0 saturated heterocycles. The molecular formula is C18H14F3N3O2. The summed E-state index contributed by atoms with van der Waals surface area (Å²) in [6, 6.07) is 4.77. The zero-order valence-electron chi connectivity index (χ0n) is 13.9. The van der Waals surface area contributed by atoms with E-state index in [0.29, 0.717) is 24.0 Å². The summed E-state index contributed by atoms with van der Waals surface area (Å²) in [7, 11) is 0. The Bertz CT molecular complexity index is 1090. The van der Waals surface area contributed by atoms with Crippen molar-refractivity contribution in [2.24, 2.45) is 0 Å². The Labute approximate surface area is 146 Å². The molecule has 0 fully saturated rings. The zero-order chi connectivity index (χ0) is 19.0. The first-order chi connectivity index (χ1) is 12.3. The molecule has 0 spiro atoms. The Balaban J connectivity index is 2.09. The molecule has 2 aromatic heterocycles. The van der Waals surface area contributed by atoms with Gasteiger partial charge in [-0.15, -0.1) is 0 Å². The number of rotatable bonds is 3. The zero-order valence-corrected chi connectivity index (χ0v) is 13.9. The van der Waals surface area contributed by atoms with Gasteiger partial charge in [0.15, 0.2) is 17.5 Å². The van der Waals surface area contributed by atoms with Crippen LogP contribution in [-0.4, -0.2) is 15.5 Å². The molecule has 2 heterocycles. The van der Waals surface area contributed by atoms with Crippen molar-refractivity contribution in [1.82, 2.24) is 9.55 Å². The van der Waals surface area contributed by atoms with E-state index in [1.807, 2.05) is 6.92 Å². The molecule has 134 valence electrons. The molecule has 5 nitrogen and oxygen atoms in total. The fourth-order valence-electron chi connectivity index (χ4n) is 2.57. The van der Waals surface area contributed by atoms with Crippen LogP contribution in [0.25, 0.3) is 11.0 Å². The number of hydrogen-bond acceptors (Lipinski definition) is 3. The minimum absolute atomic E-state index is 0.232. The number of fused-ring (bicyclic) bond motifs is 1. The third kappa shape index (κ3) is 2.94. The van der Waals surface area contributed by atoms with E-state index in [2.05, 4.69) is 10.3 Å². The standard InChI is InChI=1S/C18H14F3N3O2/c1-3-24-8-11(16(25)10-5-4-9(2)22-17(10)24)18(26)23-13-7-6-12(19)14(20)15(13)21/h4-8H,3H2,1-2H3,(H,23,26). The van der Waals surface area contributed by atoms with E-state index >= 15 is 0 Å². The number of benzene rings is 1. The number of aryl methyl sites for hydroxylation is 2. The van der Waals surface area contributed by atoms with Gasteiger partial charge in [0.2, 0.25) is 5.43 Å². The number of nitrogens with zero attached hydrogens (tertiary/aromatic N) is 2. The molecule has 26 heavy (non-hydrogen) atoms. The molecule has 3 rings (SSSR count). The largest absolute Gasteiger partial charge is 0.332 e. The lowest BCUT2D eigenvalue weighted by Gasteiger charge is -2.12. The quantitative estimate of drug-likeness (QED) is 0.728. The Kier molecular flexibility index (Phi) is 4.50. The Hall–Kier alpha value is -3.16. The fourth-order valence-corrected chi connectivity index (χ4v) is 2.57. The molecule has 0 unspecified atom stereocenters. The van der Waals surface area contributed by atoms with Crippen molar-refractivity contribution in [1.29, 1.82) is 0 Å². The maximum absolute atomic E-state index is 13.8. The highest BCUT2D eigenvalue weighted by molar-refractivity contribution is 6.05. The van der Waals surface area contributed by atoms with Gasteiger partial charge in [0.25, 0.3) is 5.91 Å². The second-order valence-corrected chi connectivity index (χ2v) is 5.66. The van der Waals surface area contributed by atoms with E-state index in [0.717, 1.165) is 6.07 Å². The Morgan fingerprint density at radius 1 is 1.15 bits per heavy atom. The van der Waals surface area contributed by atoms with Crippen molar-refractivity contribution in [2.45, 2.75) is 20.4 Å². The van der Waals surface area contributed by atoms with E-state index in [1.54, 1.807) is 23.6 Å². The number of nitrogens with one attached hydrogen (secondary N) is 1. The Morgan fingerprint density at radius 2 is 1.88 bits per heavy atom. The van der Waals surface area contributed by atoms with Gasteiger partial charge in [0.1, 0.15) is 11.2 Å². The van der Waals surface area contributed by atoms with Gasteiger partial charge in [-0.1, -0.05) is 0 Å². The normalized spacial score (nSPS) is 11.0. The number of hydrogen-bond donors (Lipinski definition) is 1. The first-order valence-corrected chi connectivity index (χ1v) is 7.79. The molecule has 8 heteroatoms. The van der Waals surface area contributed by atoms with E-state index in [4.69, 9.17) is 0 Å². The summed E-state index contributed by atoms with van der Waals surface area (Å²) in [4.78, 5) is 29.3. The first kappa shape index (κ1) is 17.7. The summed E-state index contributed by atoms with van der Waals surface area (Å²) in [6.07, 6.45) is 1.31. The highest BCUT2D eigenvalue weighted by atomic mass is 19.2. The van der Waals surface area contributed by atoms with Crippen molar-refractivity contribution < 1.29 is 18.0 Å². The summed E-state index contributed by atoms with van der Waals surface area (Å²) in [5.41, 5.74) is -0.265. The van der Waals surface area contributed by atoms with E-state index in [9.17, 15) is 22.8 Å². The molecule has 0 atom stereocenters. The minimum Gasteiger partial charge on any atom is -0.332 e. The molecule has 3 aromatic rings. The molecule has 1 amide bonds. The van der Waals surface area contributed by atoms with Gasteiger partial charge < -0.3 is 9.88 Å². The summed E-state index contributed by atoms with van der Waals surface area (Å²) in [5.74, 6) is -5.54. The monoisotopic (exact) mass is 361 g/mol. The number of anilines is 1. The number of aromatic nitrogens is 2. The van der Waals surface area contributed by atoms with Crippen molar-refractivity contribution in [3.63, 3.8) is 0 Å².